The molecule has 3 aliphatic carbocycles. The van der Waals surface area contributed by atoms with Crippen molar-refractivity contribution in [3.8, 4) is 45.0 Å². The van der Waals surface area contributed by atoms with Crippen LogP contribution in [0.15, 0.2) is 170 Å². The molecule has 0 atom stereocenters. The van der Waals surface area contributed by atoms with Gasteiger partial charge in [-0.2, -0.15) is 0 Å². The lowest BCUT2D eigenvalue weighted by atomic mass is 9.70. The standard InChI is InChI=1S/C50H34N2/c1-49(2)39-24-9-5-20-35(39)47-45(49)37-22-7-13-28-43(37)51(47)31-16-15-17-32(30-31)52-44-29-14-8-23-38(44)46-48(52)36-21-6-12-27-42(36)50(46)40-25-10-3-18-33(40)34-19-4-11-26-41(34)50/h3-30H,1-2H3. The van der Waals surface area contributed by atoms with E-state index in [2.05, 4.69) is 193 Å². The fraction of sp³-hybridized carbons (Fsp3) is 0.0800. The van der Waals surface area contributed by atoms with Crippen LogP contribution in [-0.4, -0.2) is 9.13 Å². The van der Waals surface area contributed by atoms with Crippen LogP contribution in [0.25, 0.3) is 66.8 Å². The summed E-state index contributed by atoms with van der Waals surface area (Å²) < 4.78 is 5.07. The highest BCUT2D eigenvalue weighted by atomic mass is 15.0. The number of aromatic nitrogens is 2. The molecule has 244 valence electrons. The van der Waals surface area contributed by atoms with Crippen molar-refractivity contribution in [3.63, 3.8) is 0 Å². The minimum atomic E-state index is -0.408. The van der Waals surface area contributed by atoms with Gasteiger partial charge in [0.2, 0.25) is 0 Å². The first-order valence-corrected chi connectivity index (χ1v) is 18.4. The molecule has 0 radical (unpaired) electrons. The molecule has 0 amide bonds. The quantitative estimate of drug-likeness (QED) is 0.174. The molecular weight excluding hydrogens is 629 g/mol. The van der Waals surface area contributed by atoms with Crippen LogP contribution in [0.5, 0.6) is 0 Å². The van der Waals surface area contributed by atoms with Gasteiger partial charge in [-0.3, -0.25) is 0 Å². The minimum absolute atomic E-state index is 0.0995. The topological polar surface area (TPSA) is 9.86 Å². The molecule has 2 heteroatoms. The van der Waals surface area contributed by atoms with Crippen LogP contribution in [0.2, 0.25) is 0 Å². The van der Waals surface area contributed by atoms with Crippen molar-refractivity contribution < 1.29 is 0 Å². The number of hydrogen-bond acceptors (Lipinski definition) is 0. The zero-order valence-corrected chi connectivity index (χ0v) is 29.1. The summed E-state index contributed by atoms with van der Waals surface area (Å²) in [5.41, 5.74) is 20.5. The maximum atomic E-state index is 2.55. The van der Waals surface area contributed by atoms with Crippen LogP contribution in [-0.2, 0) is 10.8 Å². The SMILES string of the molecule is CC1(C)c2ccccc2-c2c1c1ccccc1n2-c1cccc(-n2c3c(c4ccccc42)C2(c4ccccc4-c4ccccc42)c2ccccc2-3)c1. The molecule has 7 aromatic carbocycles. The van der Waals surface area contributed by atoms with Gasteiger partial charge in [-0.15, -0.1) is 0 Å². The van der Waals surface area contributed by atoms with E-state index in [1.165, 1.54) is 100 Å². The molecule has 52 heavy (non-hydrogen) atoms. The Morgan fingerprint density at radius 2 is 0.769 bits per heavy atom. The Labute approximate surface area is 302 Å². The van der Waals surface area contributed by atoms with Gasteiger partial charge in [0, 0.05) is 44.3 Å². The summed E-state index contributed by atoms with van der Waals surface area (Å²) in [6.07, 6.45) is 0. The van der Waals surface area contributed by atoms with Gasteiger partial charge in [0.25, 0.3) is 0 Å². The van der Waals surface area contributed by atoms with Crippen molar-refractivity contribution in [1.82, 2.24) is 9.13 Å². The van der Waals surface area contributed by atoms with Crippen molar-refractivity contribution in [1.29, 1.82) is 0 Å². The second kappa shape index (κ2) is 9.69. The summed E-state index contributed by atoms with van der Waals surface area (Å²) in [5.74, 6) is 0. The third-order valence-corrected chi connectivity index (χ3v) is 12.5. The summed E-state index contributed by atoms with van der Waals surface area (Å²) in [4.78, 5) is 0. The number of hydrogen-bond donors (Lipinski definition) is 0. The number of nitrogens with zero attached hydrogens (tertiary/aromatic N) is 2. The average Bonchev–Trinajstić information content (AvgIpc) is 3.95. The Bertz CT molecular complexity index is 2960. The highest BCUT2D eigenvalue weighted by Crippen LogP contribution is 2.65. The predicted molar refractivity (Wildman–Crippen MR) is 214 cm³/mol. The molecule has 12 rings (SSSR count). The summed E-state index contributed by atoms with van der Waals surface area (Å²) in [5, 5.41) is 2.62. The van der Waals surface area contributed by atoms with E-state index in [9.17, 15) is 0 Å². The number of benzene rings is 7. The highest BCUT2D eigenvalue weighted by molar-refractivity contribution is 6.05. The fourth-order valence-electron chi connectivity index (χ4n) is 10.6. The third-order valence-electron chi connectivity index (χ3n) is 12.5. The lowest BCUT2D eigenvalue weighted by Gasteiger charge is -2.30. The van der Waals surface area contributed by atoms with Crippen LogP contribution in [0, 0.1) is 0 Å². The fourth-order valence-corrected chi connectivity index (χ4v) is 10.6. The molecule has 9 aromatic rings. The summed E-state index contributed by atoms with van der Waals surface area (Å²) in [6, 6.07) is 63.6. The van der Waals surface area contributed by atoms with E-state index in [1.807, 2.05) is 0 Å². The van der Waals surface area contributed by atoms with Crippen molar-refractivity contribution >= 4 is 21.8 Å². The molecule has 2 aromatic heterocycles. The van der Waals surface area contributed by atoms with E-state index < -0.39 is 5.41 Å². The van der Waals surface area contributed by atoms with E-state index in [-0.39, 0.29) is 5.41 Å². The molecule has 0 unspecified atom stereocenters. The Hall–Kier alpha value is -6.38. The first kappa shape index (κ1) is 28.3. The minimum Gasteiger partial charge on any atom is -0.309 e. The Morgan fingerprint density at radius 1 is 0.365 bits per heavy atom. The third kappa shape index (κ3) is 3.19. The van der Waals surface area contributed by atoms with E-state index in [4.69, 9.17) is 0 Å². The molecule has 0 bridgehead atoms. The molecule has 0 fully saturated rings. The van der Waals surface area contributed by atoms with Gasteiger partial charge >= 0.3 is 0 Å². The second-order valence-electron chi connectivity index (χ2n) is 15.2. The Morgan fingerprint density at radius 3 is 1.35 bits per heavy atom. The maximum Gasteiger partial charge on any atom is 0.0747 e. The van der Waals surface area contributed by atoms with Gasteiger partial charge in [0.1, 0.15) is 0 Å². The normalized spacial score (nSPS) is 15.0. The highest BCUT2D eigenvalue weighted by Gasteiger charge is 2.54. The van der Waals surface area contributed by atoms with Crippen molar-refractivity contribution in [3.05, 3.63) is 203 Å². The van der Waals surface area contributed by atoms with Gasteiger partial charge in [0.05, 0.1) is 27.8 Å². The van der Waals surface area contributed by atoms with E-state index in [1.54, 1.807) is 0 Å². The van der Waals surface area contributed by atoms with Gasteiger partial charge in [0.15, 0.2) is 0 Å². The van der Waals surface area contributed by atoms with Crippen molar-refractivity contribution in [2.24, 2.45) is 0 Å². The smallest absolute Gasteiger partial charge is 0.0747 e. The molecule has 0 saturated heterocycles. The average molecular weight is 663 g/mol. The van der Waals surface area contributed by atoms with Gasteiger partial charge < -0.3 is 9.13 Å². The lowest BCUT2D eigenvalue weighted by molar-refractivity contribution is 0.666. The molecular formula is C50H34N2. The van der Waals surface area contributed by atoms with E-state index >= 15 is 0 Å². The molecule has 0 aliphatic heterocycles. The molecule has 1 spiro atoms. The maximum absolute atomic E-state index is 2.55. The summed E-state index contributed by atoms with van der Waals surface area (Å²) in [7, 11) is 0. The Kier molecular flexibility index (Phi) is 5.28. The summed E-state index contributed by atoms with van der Waals surface area (Å²) in [6.45, 7) is 4.76. The van der Waals surface area contributed by atoms with Crippen LogP contribution in [0.1, 0.15) is 47.2 Å². The van der Waals surface area contributed by atoms with Gasteiger partial charge in [-0.25, -0.2) is 0 Å². The molecule has 2 heterocycles. The summed E-state index contributed by atoms with van der Waals surface area (Å²) >= 11 is 0. The zero-order chi connectivity index (χ0) is 34.3. The van der Waals surface area contributed by atoms with Crippen LogP contribution < -0.4 is 0 Å². The zero-order valence-electron chi connectivity index (χ0n) is 29.1. The first-order chi connectivity index (χ1) is 25.6. The van der Waals surface area contributed by atoms with Crippen molar-refractivity contribution in [2.45, 2.75) is 24.7 Å². The molecule has 3 aliphatic rings. The van der Waals surface area contributed by atoms with Gasteiger partial charge in [-0.1, -0.05) is 153 Å². The second-order valence-corrected chi connectivity index (χ2v) is 15.2. The van der Waals surface area contributed by atoms with Gasteiger partial charge in [-0.05, 0) is 69.3 Å². The van der Waals surface area contributed by atoms with E-state index in [0.29, 0.717) is 0 Å². The van der Waals surface area contributed by atoms with Crippen LogP contribution in [0.3, 0.4) is 0 Å². The number of rotatable bonds is 2. The van der Waals surface area contributed by atoms with Crippen molar-refractivity contribution in [2.75, 3.05) is 0 Å². The first-order valence-electron chi connectivity index (χ1n) is 18.4. The Balaban J connectivity index is 1.18. The lowest BCUT2D eigenvalue weighted by Crippen LogP contribution is -2.25. The predicted octanol–water partition coefficient (Wildman–Crippen LogP) is 12.2. The molecule has 0 N–H and O–H groups in total. The molecule has 0 saturated carbocycles. The monoisotopic (exact) mass is 662 g/mol. The number of fused-ring (bicyclic) bond motifs is 17. The number of para-hydroxylation sites is 2. The van der Waals surface area contributed by atoms with Crippen LogP contribution in [0.4, 0.5) is 0 Å². The van der Waals surface area contributed by atoms with Crippen LogP contribution >= 0.6 is 0 Å². The largest absolute Gasteiger partial charge is 0.309 e. The van der Waals surface area contributed by atoms with E-state index in [0.717, 1.165) is 0 Å². The molecule has 2 nitrogen and oxygen atoms in total.